The van der Waals surface area contributed by atoms with Gasteiger partial charge in [0.1, 0.15) is 11.5 Å². The molecule has 0 fully saturated rings. The third-order valence-electron chi connectivity index (χ3n) is 5.01. The zero-order valence-corrected chi connectivity index (χ0v) is 16.1. The van der Waals surface area contributed by atoms with E-state index < -0.39 is 11.7 Å². The van der Waals surface area contributed by atoms with Gasteiger partial charge < -0.3 is 5.32 Å². The van der Waals surface area contributed by atoms with E-state index in [0.717, 1.165) is 28.6 Å². The summed E-state index contributed by atoms with van der Waals surface area (Å²) in [6.07, 6.45) is -4.38. The molecule has 31 heavy (non-hydrogen) atoms. The number of rotatable bonds is 4. The number of halogens is 3. The lowest BCUT2D eigenvalue weighted by Gasteiger charge is -2.12. The van der Waals surface area contributed by atoms with Crippen LogP contribution in [0.5, 0.6) is 0 Å². The highest BCUT2D eigenvalue weighted by molar-refractivity contribution is 5.93. The fourth-order valence-electron chi connectivity index (χ4n) is 3.53. The van der Waals surface area contributed by atoms with Crippen molar-refractivity contribution in [2.24, 2.45) is 0 Å². The molecule has 0 saturated carbocycles. The van der Waals surface area contributed by atoms with Gasteiger partial charge in [-0.25, -0.2) is 4.98 Å². The molecular weight excluding hydrogens is 403 g/mol. The Morgan fingerprint density at radius 2 is 1.65 bits per heavy atom. The van der Waals surface area contributed by atoms with Gasteiger partial charge in [0.05, 0.1) is 11.1 Å². The van der Waals surface area contributed by atoms with Crippen LogP contribution in [0, 0.1) is 0 Å². The summed E-state index contributed by atoms with van der Waals surface area (Å²) in [4.78, 5) is 4.73. The molecule has 0 aliphatic rings. The average molecular weight is 419 g/mol. The SMILES string of the molecule is FC(F)(F)c1cccc(CNc2nc3c(-c4ccccc4)nnn3c3ccccc23)c1. The number of aromatic nitrogens is 4. The van der Waals surface area contributed by atoms with Crippen molar-refractivity contribution in [2.45, 2.75) is 12.7 Å². The van der Waals surface area contributed by atoms with Crippen LogP contribution in [0.2, 0.25) is 0 Å². The fourth-order valence-corrected chi connectivity index (χ4v) is 3.53. The highest BCUT2D eigenvalue weighted by atomic mass is 19.4. The fraction of sp³-hybridized carbons (Fsp3) is 0.0870. The number of benzene rings is 3. The van der Waals surface area contributed by atoms with Gasteiger partial charge in [-0.05, 0) is 29.8 Å². The summed E-state index contributed by atoms with van der Waals surface area (Å²) in [6, 6.07) is 22.4. The molecule has 0 aliphatic carbocycles. The van der Waals surface area contributed by atoms with Crippen molar-refractivity contribution in [3.05, 3.63) is 90.0 Å². The van der Waals surface area contributed by atoms with E-state index >= 15 is 0 Å². The van der Waals surface area contributed by atoms with Gasteiger partial charge in [0.15, 0.2) is 5.65 Å². The van der Waals surface area contributed by atoms with Crippen molar-refractivity contribution in [3.63, 3.8) is 0 Å². The van der Waals surface area contributed by atoms with Gasteiger partial charge in [0.2, 0.25) is 0 Å². The molecule has 2 aromatic heterocycles. The van der Waals surface area contributed by atoms with Crippen molar-refractivity contribution in [2.75, 3.05) is 5.32 Å². The standard InChI is InChI=1S/C23H16F3N5/c24-23(25,26)17-10-6-7-15(13-17)14-27-21-18-11-4-5-12-19(18)31-22(28-21)20(29-30-31)16-8-2-1-3-9-16/h1-13H,14H2,(H,27,28). The topological polar surface area (TPSA) is 55.1 Å². The first kappa shape index (κ1) is 19.0. The Morgan fingerprint density at radius 1 is 0.871 bits per heavy atom. The van der Waals surface area contributed by atoms with Crippen molar-refractivity contribution in [3.8, 4) is 11.3 Å². The van der Waals surface area contributed by atoms with E-state index in [-0.39, 0.29) is 6.54 Å². The second-order valence-corrected chi connectivity index (χ2v) is 7.07. The first-order valence-electron chi connectivity index (χ1n) is 9.60. The smallest absolute Gasteiger partial charge is 0.365 e. The number of anilines is 1. The van der Waals surface area contributed by atoms with Gasteiger partial charge in [0.25, 0.3) is 0 Å². The number of nitrogens with zero attached hydrogens (tertiary/aromatic N) is 4. The zero-order valence-electron chi connectivity index (χ0n) is 16.1. The van der Waals surface area contributed by atoms with Crippen LogP contribution in [0.3, 0.4) is 0 Å². The maximum absolute atomic E-state index is 13.0. The summed E-state index contributed by atoms with van der Waals surface area (Å²) in [5.74, 6) is 0.556. The predicted octanol–water partition coefficient (Wildman–Crippen LogP) is 5.58. The van der Waals surface area contributed by atoms with Gasteiger partial charge in [-0.15, -0.1) is 5.10 Å². The molecule has 0 bridgehead atoms. The molecule has 3 aromatic carbocycles. The highest BCUT2D eigenvalue weighted by Gasteiger charge is 2.30. The summed E-state index contributed by atoms with van der Waals surface area (Å²) in [6.45, 7) is 0.194. The number of hydrogen-bond acceptors (Lipinski definition) is 4. The zero-order chi connectivity index (χ0) is 21.4. The molecule has 2 heterocycles. The van der Waals surface area contributed by atoms with Crippen LogP contribution >= 0.6 is 0 Å². The molecule has 8 heteroatoms. The van der Waals surface area contributed by atoms with Gasteiger partial charge >= 0.3 is 6.18 Å². The van der Waals surface area contributed by atoms with E-state index in [2.05, 4.69) is 15.6 Å². The molecule has 0 aliphatic heterocycles. The Kier molecular flexibility index (Phi) is 4.54. The van der Waals surface area contributed by atoms with Crippen molar-refractivity contribution in [1.29, 1.82) is 0 Å². The van der Waals surface area contributed by atoms with E-state index in [0.29, 0.717) is 22.7 Å². The molecular formula is C23H16F3N5. The third-order valence-corrected chi connectivity index (χ3v) is 5.01. The second-order valence-electron chi connectivity index (χ2n) is 7.07. The summed E-state index contributed by atoms with van der Waals surface area (Å²) < 4.78 is 40.8. The number of hydrogen-bond donors (Lipinski definition) is 1. The number of nitrogens with one attached hydrogen (secondary N) is 1. The van der Waals surface area contributed by atoms with Crippen LogP contribution in [0.1, 0.15) is 11.1 Å². The molecule has 154 valence electrons. The Bertz CT molecular complexity index is 1380. The maximum Gasteiger partial charge on any atom is 0.416 e. The minimum Gasteiger partial charge on any atom is -0.365 e. The maximum atomic E-state index is 13.0. The number of alkyl halides is 3. The van der Waals surface area contributed by atoms with Crippen LogP contribution in [0.25, 0.3) is 27.8 Å². The molecule has 5 rings (SSSR count). The largest absolute Gasteiger partial charge is 0.416 e. The summed E-state index contributed by atoms with van der Waals surface area (Å²) in [5.41, 5.74) is 2.71. The average Bonchev–Trinajstić information content (AvgIpc) is 3.22. The van der Waals surface area contributed by atoms with E-state index in [1.165, 1.54) is 6.07 Å². The first-order chi connectivity index (χ1) is 15.0. The highest BCUT2D eigenvalue weighted by Crippen LogP contribution is 2.31. The van der Waals surface area contributed by atoms with Crippen molar-refractivity contribution < 1.29 is 13.2 Å². The van der Waals surface area contributed by atoms with Crippen LogP contribution in [-0.2, 0) is 12.7 Å². The van der Waals surface area contributed by atoms with Crippen LogP contribution < -0.4 is 5.32 Å². The summed E-state index contributed by atoms with van der Waals surface area (Å²) in [7, 11) is 0. The van der Waals surface area contributed by atoms with Crippen LogP contribution in [0.15, 0.2) is 78.9 Å². The monoisotopic (exact) mass is 419 g/mol. The Morgan fingerprint density at radius 3 is 2.45 bits per heavy atom. The molecule has 0 radical (unpaired) electrons. The third kappa shape index (κ3) is 3.56. The molecule has 0 saturated heterocycles. The minimum absolute atomic E-state index is 0.194. The first-order valence-corrected chi connectivity index (χ1v) is 9.60. The van der Waals surface area contributed by atoms with E-state index in [9.17, 15) is 13.2 Å². The van der Waals surface area contributed by atoms with Crippen LogP contribution in [0.4, 0.5) is 19.0 Å². The molecule has 0 unspecified atom stereocenters. The van der Waals surface area contributed by atoms with Gasteiger partial charge in [-0.2, -0.15) is 17.7 Å². The molecule has 0 atom stereocenters. The van der Waals surface area contributed by atoms with Gasteiger partial charge in [-0.1, -0.05) is 59.8 Å². The van der Waals surface area contributed by atoms with E-state index in [1.54, 1.807) is 10.6 Å². The summed E-state index contributed by atoms with van der Waals surface area (Å²) in [5, 5.41) is 12.6. The lowest BCUT2D eigenvalue weighted by Crippen LogP contribution is -2.08. The lowest BCUT2D eigenvalue weighted by atomic mass is 10.1. The summed E-state index contributed by atoms with van der Waals surface area (Å²) >= 11 is 0. The Hall–Kier alpha value is -3.94. The Labute approximate surface area is 175 Å². The second kappa shape index (κ2) is 7.39. The van der Waals surface area contributed by atoms with Crippen molar-refractivity contribution >= 4 is 22.4 Å². The number of para-hydroxylation sites is 1. The molecule has 0 spiro atoms. The van der Waals surface area contributed by atoms with E-state index in [1.807, 2.05) is 54.6 Å². The van der Waals surface area contributed by atoms with Crippen molar-refractivity contribution in [1.82, 2.24) is 19.8 Å². The molecule has 5 aromatic rings. The minimum atomic E-state index is -4.38. The van der Waals surface area contributed by atoms with Gasteiger partial charge in [0, 0.05) is 17.5 Å². The lowest BCUT2D eigenvalue weighted by molar-refractivity contribution is -0.137. The molecule has 0 amide bonds. The quantitative estimate of drug-likeness (QED) is 0.414. The predicted molar refractivity (Wildman–Crippen MR) is 112 cm³/mol. The van der Waals surface area contributed by atoms with E-state index in [4.69, 9.17) is 4.98 Å². The normalized spacial score (nSPS) is 11.8. The molecule has 1 N–H and O–H groups in total. The van der Waals surface area contributed by atoms with Crippen LogP contribution in [-0.4, -0.2) is 19.8 Å². The molecule has 5 nitrogen and oxygen atoms in total. The van der Waals surface area contributed by atoms with Gasteiger partial charge in [-0.3, -0.25) is 0 Å². The Balaban J connectivity index is 1.58. The number of fused-ring (bicyclic) bond motifs is 3.